The standard InChI is InChI=1S/C28H53N5O6S/c1-10-18(8)23(27(37)31-21(28(38)39)14-16(4)5)33-26(36)22(17(6)7)32-25(35)20(11-12-40-9)30-24(34)19(29)13-15(2)3/h15-23H,10-14,29H2,1-9H3,(H,30,34)(H,31,37)(H,32,35)(H,33,36)(H,38,39)/t18-,19-,20-,21-,22-,23-/m0/s1. The van der Waals surface area contributed by atoms with Crippen LogP contribution in [0.25, 0.3) is 0 Å². The number of aliphatic carboxylic acids is 1. The van der Waals surface area contributed by atoms with Crippen LogP contribution in [0.1, 0.15) is 81.1 Å². The number of carboxylic acids is 1. The first-order chi connectivity index (χ1) is 18.5. The van der Waals surface area contributed by atoms with Crippen molar-refractivity contribution in [3.8, 4) is 0 Å². The highest BCUT2D eigenvalue weighted by atomic mass is 32.2. The van der Waals surface area contributed by atoms with Gasteiger partial charge < -0.3 is 32.1 Å². The highest BCUT2D eigenvalue weighted by Crippen LogP contribution is 2.13. The number of nitrogens with one attached hydrogen (secondary N) is 4. The number of hydrogen-bond acceptors (Lipinski definition) is 7. The van der Waals surface area contributed by atoms with Crippen LogP contribution in [-0.2, 0) is 24.0 Å². The van der Waals surface area contributed by atoms with E-state index in [1.165, 1.54) is 11.8 Å². The van der Waals surface area contributed by atoms with E-state index in [-0.39, 0.29) is 30.1 Å². The molecule has 7 N–H and O–H groups in total. The third kappa shape index (κ3) is 13.8. The number of thioether (sulfide) groups is 1. The van der Waals surface area contributed by atoms with Gasteiger partial charge in [-0.25, -0.2) is 4.79 Å². The molecule has 0 rings (SSSR count). The summed E-state index contributed by atoms with van der Waals surface area (Å²) in [6, 6.07) is -4.71. The smallest absolute Gasteiger partial charge is 0.326 e. The van der Waals surface area contributed by atoms with E-state index in [2.05, 4.69) is 21.3 Å². The lowest BCUT2D eigenvalue weighted by Gasteiger charge is -2.30. The van der Waals surface area contributed by atoms with E-state index < -0.39 is 59.8 Å². The Labute approximate surface area is 244 Å². The summed E-state index contributed by atoms with van der Waals surface area (Å²) >= 11 is 1.52. The first-order valence-corrected chi connectivity index (χ1v) is 15.6. The van der Waals surface area contributed by atoms with E-state index in [1.54, 1.807) is 20.8 Å². The fourth-order valence-electron chi connectivity index (χ4n) is 4.09. The number of carbonyl (C=O) groups is 5. The lowest BCUT2D eigenvalue weighted by atomic mass is 9.95. The third-order valence-electron chi connectivity index (χ3n) is 6.67. The van der Waals surface area contributed by atoms with Crippen molar-refractivity contribution in [2.75, 3.05) is 12.0 Å². The van der Waals surface area contributed by atoms with E-state index in [9.17, 15) is 29.1 Å². The molecule has 0 aliphatic rings. The molecule has 40 heavy (non-hydrogen) atoms. The molecular formula is C28H53N5O6S. The van der Waals surface area contributed by atoms with Crippen LogP contribution in [-0.4, -0.2) is 76.9 Å². The Kier molecular flexibility index (Phi) is 17.8. The molecule has 0 bridgehead atoms. The molecule has 0 fully saturated rings. The zero-order valence-corrected chi connectivity index (χ0v) is 26.5. The average Bonchev–Trinajstić information content (AvgIpc) is 2.85. The summed E-state index contributed by atoms with van der Waals surface area (Å²) in [7, 11) is 0. The summed E-state index contributed by atoms with van der Waals surface area (Å²) in [6.45, 7) is 14.8. The van der Waals surface area contributed by atoms with Gasteiger partial charge in [0.05, 0.1) is 6.04 Å². The molecule has 232 valence electrons. The predicted molar refractivity (Wildman–Crippen MR) is 160 cm³/mol. The Morgan fingerprint density at radius 3 is 1.68 bits per heavy atom. The van der Waals surface area contributed by atoms with E-state index in [1.807, 2.05) is 40.9 Å². The molecule has 0 saturated carbocycles. The van der Waals surface area contributed by atoms with Gasteiger partial charge in [0.1, 0.15) is 24.2 Å². The molecule has 4 amide bonds. The average molecular weight is 588 g/mol. The molecule has 0 saturated heterocycles. The SMILES string of the molecule is CC[C@H](C)[C@H](NC(=O)[C@@H](NC(=O)[C@H](CCSC)NC(=O)[C@@H](N)CC(C)C)C(C)C)C(=O)N[C@@H](CC(C)C)C(=O)O. The van der Waals surface area contributed by atoms with Gasteiger partial charge in [0.15, 0.2) is 0 Å². The van der Waals surface area contributed by atoms with Crippen molar-refractivity contribution < 1.29 is 29.1 Å². The number of carbonyl (C=O) groups excluding carboxylic acids is 4. The van der Waals surface area contributed by atoms with Gasteiger partial charge in [-0.3, -0.25) is 19.2 Å². The molecular weight excluding hydrogens is 534 g/mol. The van der Waals surface area contributed by atoms with Crippen LogP contribution in [0.4, 0.5) is 0 Å². The number of nitrogens with two attached hydrogens (primary N) is 1. The second kappa shape index (κ2) is 18.9. The van der Waals surface area contributed by atoms with Gasteiger partial charge in [0, 0.05) is 0 Å². The van der Waals surface area contributed by atoms with Crippen LogP contribution in [0.15, 0.2) is 0 Å². The Morgan fingerprint density at radius 2 is 1.23 bits per heavy atom. The fourth-order valence-corrected chi connectivity index (χ4v) is 4.56. The Balaban J connectivity index is 5.76. The number of amides is 4. The largest absolute Gasteiger partial charge is 0.480 e. The fraction of sp³-hybridized carbons (Fsp3) is 0.821. The van der Waals surface area contributed by atoms with Crippen molar-refractivity contribution in [2.45, 2.75) is 111 Å². The van der Waals surface area contributed by atoms with Crippen LogP contribution in [0.3, 0.4) is 0 Å². The molecule has 12 heteroatoms. The number of rotatable bonds is 19. The summed E-state index contributed by atoms with van der Waals surface area (Å²) in [6.07, 6.45) is 3.51. The van der Waals surface area contributed by atoms with Gasteiger partial charge in [-0.05, 0) is 54.9 Å². The summed E-state index contributed by atoms with van der Waals surface area (Å²) < 4.78 is 0. The highest BCUT2D eigenvalue weighted by molar-refractivity contribution is 7.98. The third-order valence-corrected chi connectivity index (χ3v) is 7.31. The van der Waals surface area contributed by atoms with Crippen molar-refractivity contribution in [2.24, 2.45) is 29.4 Å². The second-order valence-electron chi connectivity index (χ2n) is 11.7. The van der Waals surface area contributed by atoms with Gasteiger partial charge in [0.2, 0.25) is 23.6 Å². The normalized spacial score (nSPS) is 16.0. The van der Waals surface area contributed by atoms with Crippen LogP contribution in [0, 0.1) is 23.7 Å². The molecule has 0 aliphatic heterocycles. The maximum atomic E-state index is 13.4. The van der Waals surface area contributed by atoms with Crippen LogP contribution < -0.4 is 27.0 Å². The maximum absolute atomic E-state index is 13.4. The predicted octanol–water partition coefficient (Wildman–Crippen LogP) is 1.88. The van der Waals surface area contributed by atoms with Gasteiger partial charge in [0.25, 0.3) is 0 Å². The van der Waals surface area contributed by atoms with Gasteiger partial charge in [-0.1, -0.05) is 61.8 Å². The van der Waals surface area contributed by atoms with Crippen molar-refractivity contribution >= 4 is 41.4 Å². The minimum Gasteiger partial charge on any atom is -0.480 e. The van der Waals surface area contributed by atoms with Gasteiger partial charge >= 0.3 is 5.97 Å². The monoisotopic (exact) mass is 587 g/mol. The van der Waals surface area contributed by atoms with Crippen LogP contribution in [0.2, 0.25) is 0 Å². The van der Waals surface area contributed by atoms with E-state index in [0.717, 1.165) is 0 Å². The summed E-state index contributed by atoms with van der Waals surface area (Å²) in [4.78, 5) is 64.2. The molecule has 0 unspecified atom stereocenters. The maximum Gasteiger partial charge on any atom is 0.326 e. The molecule has 0 aromatic carbocycles. The lowest BCUT2D eigenvalue weighted by Crippen LogP contribution is -2.60. The molecule has 0 aliphatic carbocycles. The molecule has 0 aromatic rings. The minimum atomic E-state index is -1.14. The highest BCUT2D eigenvalue weighted by Gasteiger charge is 2.34. The summed E-state index contributed by atoms with van der Waals surface area (Å²) in [5, 5.41) is 20.3. The number of hydrogen-bond donors (Lipinski definition) is 6. The molecule has 0 aromatic heterocycles. The van der Waals surface area contributed by atoms with Crippen molar-refractivity contribution in [3.63, 3.8) is 0 Å². The van der Waals surface area contributed by atoms with E-state index in [0.29, 0.717) is 25.0 Å². The second-order valence-corrected chi connectivity index (χ2v) is 12.7. The van der Waals surface area contributed by atoms with E-state index in [4.69, 9.17) is 5.73 Å². The lowest BCUT2D eigenvalue weighted by molar-refractivity contribution is -0.143. The number of carboxylic acid groups (broad SMARTS) is 1. The molecule has 0 radical (unpaired) electrons. The summed E-state index contributed by atoms with van der Waals surface area (Å²) in [5.41, 5.74) is 6.01. The minimum absolute atomic E-state index is 0.0399. The van der Waals surface area contributed by atoms with Crippen molar-refractivity contribution in [3.05, 3.63) is 0 Å². The zero-order chi connectivity index (χ0) is 31.2. The first-order valence-electron chi connectivity index (χ1n) is 14.2. The zero-order valence-electron chi connectivity index (χ0n) is 25.7. The van der Waals surface area contributed by atoms with Gasteiger partial charge in [-0.2, -0.15) is 11.8 Å². The molecule has 6 atom stereocenters. The first kappa shape index (κ1) is 37.7. The summed E-state index contributed by atoms with van der Waals surface area (Å²) in [5.74, 6) is -3.01. The quantitative estimate of drug-likeness (QED) is 0.133. The molecule has 0 heterocycles. The van der Waals surface area contributed by atoms with E-state index >= 15 is 0 Å². The van der Waals surface area contributed by atoms with Crippen molar-refractivity contribution in [1.29, 1.82) is 0 Å². The Bertz CT molecular complexity index is 838. The molecule has 11 nitrogen and oxygen atoms in total. The van der Waals surface area contributed by atoms with Gasteiger partial charge in [-0.15, -0.1) is 0 Å². The van der Waals surface area contributed by atoms with Crippen molar-refractivity contribution in [1.82, 2.24) is 21.3 Å². The topological polar surface area (TPSA) is 180 Å². The Hall–Kier alpha value is -2.34. The van der Waals surface area contributed by atoms with Crippen LogP contribution >= 0.6 is 11.8 Å². The van der Waals surface area contributed by atoms with Crippen LogP contribution in [0.5, 0.6) is 0 Å². The molecule has 0 spiro atoms. The Morgan fingerprint density at radius 1 is 0.725 bits per heavy atom.